The van der Waals surface area contributed by atoms with Gasteiger partial charge < -0.3 is 10.1 Å². The largest absolute Gasteiger partial charge is 0.485 e. The summed E-state index contributed by atoms with van der Waals surface area (Å²) in [6, 6.07) is 4.24. The van der Waals surface area contributed by atoms with Gasteiger partial charge in [0.1, 0.15) is 17.4 Å². The monoisotopic (exact) mass is 342 g/mol. The molecule has 0 radical (unpaired) electrons. The molecule has 1 aromatic carbocycles. The van der Waals surface area contributed by atoms with Crippen LogP contribution in [0.25, 0.3) is 0 Å². The minimum absolute atomic E-state index is 0.427. The van der Waals surface area contributed by atoms with Crippen LogP contribution in [0.5, 0.6) is 5.75 Å². The van der Waals surface area contributed by atoms with E-state index >= 15 is 0 Å². The molecule has 0 atom stereocenters. The SMILES string of the molecule is Cc1csc(COc2c(Cl)cc(Cl)cc2CNC2CC2)n1. The molecule has 0 bridgehead atoms. The molecule has 1 aromatic heterocycles. The van der Waals surface area contributed by atoms with E-state index in [4.69, 9.17) is 27.9 Å². The summed E-state index contributed by atoms with van der Waals surface area (Å²) in [6.07, 6.45) is 2.48. The van der Waals surface area contributed by atoms with E-state index in [9.17, 15) is 0 Å². The number of hydrogen-bond acceptors (Lipinski definition) is 4. The fourth-order valence-electron chi connectivity index (χ4n) is 2.05. The third kappa shape index (κ3) is 4.10. The fraction of sp³-hybridized carbons (Fsp3) is 0.400. The van der Waals surface area contributed by atoms with Crippen molar-refractivity contribution in [2.45, 2.75) is 39.0 Å². The molecule has 1 N–H and O–H groups in total. The highest BCUT2D eigenvalue weighted by Crippen LogP contribution is 2.34. The fourth-order valence-corrected chi connectivity index (χ4v) is 3.32. The normalized spacial score (nSPS) is 14.4. The van der Waals surface area contributed by atoms with Gasteiger partial charge >= 0.3 is 0 Å². The van der Waals surface area contributed by atoms with Gasteiger partial charge in [0, 0.05) is 34.2 Å². The first-order valence-corrected chi connectivity index (χ1v) is 8.50. The molecule has 3 rings (SSSR count). The molecule has 1 heterocycles. The zero-order chi connectivity index (χ0) is 14.8. The van der Waals surface area contributed by atoms with Gasteiger partial charge in [0.15, 0.2) is 0 Å². The van der Waals surface area contributed by atoms with Crippen LogP contribution in [0.2, 0.25) is 10.0 Å². The maximum atomic E-state index is 6.28. The minimum Gasteiger partial charge on any atom is -0.485 e. The predicted molar refractivity (Wildman–Crippen MR) is 87.5 cm³/mol. The third-order valence-corrected chi connectivity index (χ3v) is 4.69. The standard InChI is InChI=1S/C15H16Cl2N2OS/c1-9-8-21-14(19-9)7-20-15-10(6-18-12-2-3-12)4-11(16)5-13(15)17/h4-5,8,12,18H,2-3,6-7H2,1H3. The van der Waals surface area contributed by atoms with Crippen LogP contribution < -0.4 is 10.1 Å². The Bertz CT molecular complexity index is 641. The lowest BCUT2D eigenvalue weighted by molar-refractivity contribution is 0.301. The number of nitrogens with zero attached hydrogens (tertiary/aromatic N) is 1. The molecule has 112 valence electrons. The first-order chi connectivity index (χ1) is 10.1. The molecule has 1 aliphatic carbocycles. The van der Waals surface area contributed by atoms with Crippen molar-refractivity contribution in [1.29, 1.82) is 0 Å². The number of nitrogens with one attached hydrogen (secondary N) is 1. The Morgan fingerprint density at radius 3 is 2.86 bits per heavy atom. The number of rotatable bonds is 6. The van der Waals surface area contributed by atoms with E-state index in [-0.39, 0.29) is 0 Å². The smallest absolute Gasteiger partial charge is 0.143 e. The number of benzene rings is 1. The molecule has 0 saturated heterocycles. The summed E-state index contributed by atoms with van der Waals surface area (Å²) in [4.78, 5) is 4.40. The zero-order valence-electron chi connectivity index (χ0n) is 11.7. The highest BCUT2D eigenvalue weighted by molar-refractivity contribution is 7.09. The number of ether oxygens (including phenoxy) is 1. The second-order valence-corrected chi connectivity index (χ2v) is 6.99. The molecule has 21 heavy (non-hydrogen) atoms. The molecule has 2 aromatic rings. The molecule has 1 fully saturated rings. The summed E-state index contributed by atoms with van der Waals surface area (Å²) < 4.78 is 5.89. The quantitative estimate of drug-likeness (QED) is 0.833. The van der Waals surface area contributed by atoms with E-state index in [1.54, 1.807) is 17.4 Å². The second-order valence-electron chi connectivity index (χ2n) is 5.20. The Hall–Kier alpha value is -0.810. The maximum absolute atomic E-state index is 6.28. The van der Waals surface area contributed by atoms with Gasteiger partial charge in [-0.2, -0.15) is 0 Å². The van der Waals surface area contributed by atoms with Gasteiger partial charge in [-0.15, -0.1) is 11.3 Å². The molecular weight excluding hydrogens is 327 g/mol. The van der Waals surface area contributed by atoms with Gasteiger partial charge in [-0.25, -0.2) is 4.98 Å². The van der Waals surface area contributed by atoms with Gasteiger partial charge in [-0.3, -0.25) is 0 Å². The molecule has 0 spiro atoms. The average molecular weight is 343 g/mol. The summed E-state index contributed by atoms with van der Waals surface area (Å²) in [6.45, 7) is 3.12. The molecule has 6 heteroatoms. The lowest BCUT2D eigenvalue weighted by atomic mass is 10.2. The first kappa shape index (κ1) is 15.1. The van der Waals surface area contributed by atoms with E-state index in [2.05, 4.69) is 10.3 Å². The van der Waals surface area contributed by atoms with Crippen LogP contribution in [0.3, 0.4) is 0 Å². The zero-order valence-corrected chi connectivity index (χ0v) is 14.0. The number of aromatic nitrogens is 1. The Morgan fingerprint density at radius 2 is 2.19 bits per heavy atom. The highest BCUT2D eigenvalue weighted by Gasteiger charge is 2.21. The summed E-state index contributed by atoms with van der Waals surface area (Å²) >= 11 is 14.0. The van der Waals surface area contributed by atoms with Crippen LogP contribution in [0, 0.1) is 6.92 Å². The Labute approximate surface area is 138 Å². The Morgan fingerprint density at radius 1 is 1.38 bits per heavy atom. The van der Waals surface area contributed by atoms with Crippen molar-refractivity contribution in [1.82, 2.24) is 10.3 Å². The van der Waals surface area contributed by atoms with Crippen molar-refractivity contribution >= 4 is 34.5 Å². The summed E-state index contributed by atoms with van der Waals surface area (Å²) in [7, 11) is 0. The van der Waals surface area contributed by atoms with Crippen molar-refractivity contribution in [3.05, 3.63) is 43.8 Å². The Balaban J connectivity index is 1.74. The molecule has 1 aliphatic rings. The van der Waals surface area contributed by atoms with E-state index in [0.717, 1.165) is 22.8 Å². The van der Waals surface area contributed by atoms with Crippen molar-refractivity contribution in [3.8, 4) is 5.75 Å². The summed E-state index contributed by atoms with van der Waals surface area (Å²) in [5.74, 6) is 0.696. The summed E-state index contributed by atoms with van der Waals surface area (Å²) in [5.41, 5.74) is 2.00. The highest BCUT2D eigenvalue weighted by atomic mass is 35.5. The number of hydrogen-bond donors (Lipinski definition) is 1. The third-order valence-electron chi connectivity index (χ3n) is 3.25. The average Bonchev–Trinajstić information content (AvgIpc) is 3.17. The topological polar surface area (TPSA) is 34.1 Å². The predicted octanol–water partition coefficient (Wildman–Crippen LogP) is 4.59. The summed E-state index contributed by atoms with van der Waals surface area (Å²) in [5, 5.41) is 7.59. The molecule has 1 saturated carbocycles. The maximum Gasteiger partial charge on any atom is 0.143 e. The van der Waals surface area contributed by atoms with Gasteiger partial charge in [-0.1, -0.05) is 23.2 Å². The molecule has 0 aliphatic heterocycles. The van der Waals surface area contributed by atoms with Gasteiger partial charge in [0.25, 0.3) is 0 Å². The van der Waals surface area contributed by atoms with Crippen LogP contribution in [0.4, 0.5) is 0 Å². The van der Waals surface area contributed by atoms with Gasteiger partial charge in [0.2, 0.25) is 0 Å². The van der Waals surface area contributed by atoms with E-state index in [0.29, 0.717) is 28.4 Å². The second kappa shape index (κ2) is 6.53. The van der Waals surface area contributed by atoms with Gasteiger partial charge in [0.05, 0.1) is 5.02 Å². The van der Waals surface area contributed by atoms with Gasteiger partial charge in [-0.05, 0) is 31.9 Å². The molecule has 3 nitrogen and oxygen atoms in total. The minimum atomic E-state index is 0.427. The number of halogens is 2. The van der Waals surface area contributed by atoms with Crippen molar-refractivity contribution in [2.75, 3.05) is 0 Å². The van der Waals surface area contributed by atoms with Crippen molar-refractivity contribution in [3.63, 3.8) is 0 Å². The van der Waals surface area contributed by atoms with E-state index < -0.39 is 0 Å². The molecular formula is C15H16Cl2N2OS. The van der Waals surface area contributed by atoms with Crippen LogP contribution in [0.1, 0.15) is 29.1 Å². The van der Waals surface area contributed by atoms with Crippen molar-refractivity contribution < 1.29 is 4.74 Å². The molecule has 0 unspecified atom stereocenters. The number of thiazole rings is 1. The van der Waals surface area contributed by atoms with Crippen LogP contribution >= 0.6 is 34.5 Å². The van der Waals surface area contributed by atoms with E-state index in [1.807, 2.05) is 18.4 Å². The molecule has 0 amide bonds. The lowest BCUT2D eigenvalue weighted by Crippen LogP contribution is -2.16. The van der Waals surface area contributed by atoms with E-state index in [1.165, 1.54) is 12.8 Å². The van der Waals surface area contributed by atoms with Crippen LogP contribution in [-0.2, 0) is 13.2 Å². The van der Waals surface area contributed by atoms with Crippen LogP contribution in [-0.4, -0.2) is 11.0 Å². The lowest BCUT2D eigenvalue weighted by Gasteiger charge is -2.13. The number of aryl methyl sites for hydroxylation is 1. The van der Waals surface area contributed by atoms with Crippen LogP contribution in [0.15, 0.2) is 17.5 Å². The Kier molecular flexibility index (Phi) is 4.69. The van der Waals surface area contributed by atoms with Crippen molar-refractivity contribution in [2.24, 2.45) is 0 Å². The first-order valence-electron chi connectivity index (χ1n) is 6.87.